The minimum absolute atomic E-state index is 0.197. The van der Waals surface area contributed by atoms with Crippen LogP contribution in [0.3, 0.4) is 0 Å². The molecule has 0 bridgehead atoms. The van der Waals surface area contributed by atoms with Gasteiger partial charge in [-0.1, -0.05) is 141 Å². The normalized spacial score (nSPS) is 12.7. The molecule has 9 rings (SSSR count). The number of hydrogen-bond acceptors (Lipinski definition) is 2. The Hall–Kier alpha value is -6.57. The highest BCUT2D eigenvalue weighted by atomic mass is 15.4. The molecule has 4 heteroatoms. The van der Waals surface area contributed by atoms with Gasteiger partial charge in [-0.05, 0) is 97.0 Å². The number of benzene rings is 7. The number of rotatable bonds is 5. The maximum absolute atomic E-state index is 9.56. The van der Waals surface area contributed by atoms with Gasteiger partial charge in [-0.25, -0.2) is 4.68 Å². The first kappa shape index (κ1) is 29.6. The summed E-state index contributed by atoms with van der Waals surface area (Å²) >= 11 is 0. The fourth-order valence-corrected chi connectivity index (χ4v) is 7.54. The molecule has 0 atom stereocenters. The van der Waals surface area contributed by atoms with Crippen LogP contribution < -0.4 is 9.78 Å². The number of hydrogen-bond donors (Lipinski definition) is 0. The van der Waals surface area contributed by atoms with E-state index in [1.165, 1.54) is 49.7 Å². The summed E-state index contributed by atoms with van der Waals surface area (Å²) in [6.07, 6.45) is 0. The second kappa shape index (κ2) is 11.5. The molecule has 0 radical (unpaired) electrons. The lowest BCUT2D eigenvalue weighted by Gasteiger charge is -2.22. The van der Waals surface area contributed by atoms with E-state index in [0.717, 1.165) is 28.2 Å². The van der Waals surface area contributed by atoms with E-state index in [-0.39, 0.29) is 5.41 Å². The van der Waals surface area contributed by atoms with Gasteiger partial charge >= 0.3 is 0 Å². The summed E-state index contributed by atoms with van der Waals surface area (Å²) in [6, 6.07) is 57.4. The van der Waals surface area contributed by atoms with Crippen LogP contribution in [-0.4, -0.2) is 4.98 Å². The van der Waals surface area contributed by atoms with E-state index in [1.807, 2.05) is 59.3 Å². The van der Waals surface area contributed by atoms with Crippen molar-refractivity contribution in [2.24, 2.45) is 0 Å². The number of nitrogens with zero attached hydrogens (tertiary/aromatic N) is 4. The summed E-state index contributed by atoms with van der Waals surface area (Å²) in [6.45, 7) is 4.52. The van der Waals surface area contributed by atoms with Gasteiger partial charge in [0.15, 0.2) is 0 Å². The predicted octanol–water partition coefficient (Wildman–Crippen LogP) is 10.3. The molecule has 0 N–H and O–H groups in total. The van der Waals surface area contributed by atoms with Crippen molar-refractivity contribution in [3.63, 3.8) is 0 Å². The monoisotopic (exact) mass is 640 g/mol. The van der Waals surface area contributed by atoms with E-state index in [1.54, 1.807) is 0 Å². The summed E-state index contributed by atoms with van der Waals surface area (Å²) in [5, 5.41) is 16.9. The van der Waals surface area contributed by atoms with Crippen molar-refractivity contribution in [1.82, 2.24) is 10.1 Å². The van der Waals surface area contributed by atoms with E-state index in [9.17, 15) is 5.26 Å². The molecule has 0 spiro atoms. The van der Waals surface area contributed by atoms with Gasteiger partial charge in [-0.3, -0.25) is 5.10 Å². The van der Waals surface area contributed by atoms with E-state index >= 15 is 0 Å². The highest BCUT2D eigenvalue weighted by Gasteiger charge is 2.36. The molecule has 1 aliphatic carbocycles. The zero-order chi connectivity index (χ0) is 33.8. The van der Waals surface area contributed by atoms with Gasteiger partial charge in [-0.15, -0.1) is 0 Å². The molecular weight excluding hydrogens is 609 g/mol. The largest absolute Gasteiger partial charge is 0.397 e. The van der Waals surface area contributed by atoms with Crippen LogP contribution in [-0.2, 0) is 5.41 Å². The van der Waals surface area contributed by atoms with Crippen LogP contribution in [0, 0.1) is 11.3 Å². The quantitative estimate of drug-likeness (QED) is 0.176. The average Bonchev–Trinajstić information content (AvgIpc) is 3.72. The van der Waals surface area contributed by atoms with Crippen molar-refractivity contribution in [1.29, 1.82) is 5.26 Å². The van der Waals surface area contributed by atoms with Crippen molar-refractivity contribution in [2.45, 2.75) is 19.3 Å². The summed E-state index contributed by atoms with van der Waals surface area (Å²) in [5.41, 5.74) is 13.1. The van der Waals surface area contributed by atoms with Crippen LogP contribution in [0.5, 0.6) is 0 Å². The minimum Gasteiger partial charge on any atom is -0.397 e. The molecule has 8 aromatic rings. The molecule has 236 valence electrons. The lowest BCUT2D eigenvalue weighted by molar-refractivity contribution is -0.650. The van der Waals surface area contributed by atoms with Gasteiger partial charge in [0.05, 0.1) is 11.6 Å². The van der Waals surface area contributed by atoms with Gasteiger partial charge in [-0.2, -0.15) is 5.26 Å². The Morgan fingerprint density at radius 2 is 1.08 bits per heavy atom. The van der Waals surface area contributed by atoms with Crippen LogP contribution >= 0.6 is 0 Å². The second-order valence-corrected chi connectivity index (χ2v) is 13.4. The van der Waals surface area contributed by atoms with Gasteiger partial charge in [0.25, 0.3) is 0 Å². The van der Waals surface area contributed by atoms with Crippen molar-refractivity contribution in [3.8, 4) is 67.9 Å². The van der Waals surface area contributed by atoms with Crippen molar-refractivity contribution in [2.75, 3.05) is 0 Å². The minimum atomic E-state index is -0.197. The first-order chi connectivity index (χ1) is 24.5. The Balaban J connectivity index is 1.10. The predicted molar refractivity (Wildman–Crippen MR) is 201 cm³/mol. The number of aromatic nitrogens is 3. The van der Waals surface area contributed by atoms with E-state index < -0.39 is 0 Å². The average molecular weight is 641 g/mol. The third kappa shape index (κ3) is 4.75. The van der Waals surface area contributed by atoms with Gasteiger partial charge in [0, 0.05) is 11.0 Å². The third-order valence-electron chi connectivity index (χ3n) is 10.1. The van der Waals surface area contributed by atoms with E-state index in [2.05, 4.69) is 123 Å². The van der Waals surface area contributed by atoms with Crippen LogP contribution in [0.1, 0.15) is 30.5 Å². The molecule has 0 unspecified atom stereocenters. The molecule has 7 aromatic carbocycles. The summed E-state index contributed by atoms with van der Waals surface area (Å²) in [5.74, 6) is 1.50. The topological polar surface area (TPSA) is 54.7 Å². The van der Waals surface area contributed by atoms with Crippen LogP contribution in [0.2, 0.25) is 0 Å². The molecule has 0 saturated carbocycles. The molecule has 0 amide bonds. The molecule has 1 aromatic heterocycles. The fraction of sp³-hybridized carbons (Fsp3) is 0.0652. The fourth-order valence-electron chi connectivity index (χ4n) is 7.54. The smallest absolute Gasteiger partial charge is 0.132 e. The summed E-state index contributed by atoms with van der Waals surface area (Å²) < 4.78 is 1.94. The molecule has 1 aliphatic rings. The molecular formula is C46H32N4. The molecule has 0 saturated heterocycles. The van der Waals surface area contributed by atoms with Gasteiger partial charge in [0.2, 0.25) is 0 Å². The zero-order valence-electron chi connectivity index (χ0n) is 27.8. The van der Waals surface area contributed by atoms with Crippen LogP contribution in [0.4, 0.5) is 0 Å². The molecule has 50 heavy (non-hydrogen) atoms. The Morgan fingerprint density at radius 1 is 0.540 bits per heavy atom. The molecule has 1 heterocycles. The van der Waals surface area contributed by atoms with Gasteiger partial charge < -0.3 is 4.98 Å². The second-order valence-electron chi connectivity index (χ2n) is 13.4. The Morgan fingerprint density at radius 3 is 1.74 bits per heavy atom. The summed E-state index contributed by atoms with van der Waals surface area (Å²) in [7, 11) is 0. The van der Waals surface area contributed by atoms with Crippen molar-refractivity contribution in [3.05, 3.63) is 174 Å². The van der Waals surface area contributed by atoms with Crippen molar-refractivity contribution >= 4 is 10.8 Å². The highest BCUT2D eigenvalue weighted by molar-refractivity contribution is 6.05. The Kier molecular flexibility index (Phi) is 6.82. The third-order valence-corrected chi connectivity index (χ3v) is 10.1. The Labute approximate surface area is 291 Å². The zero-order valence-corrected chi connectivity index (χ0v) is 27.8. The maximum Gasteiger partial charge on any atom is 0.132 e. The first-order valence-electron chi connectivity index (χ1n) is 16.9. The standard InChI is InChI=1S/C46H32N4/c1-46(2)42-27-30(29-47)17-23-40(42)41-24-20-34(28-43(41)46)37-26-25-36(38-15-9-10-16-39(37)38)31-18-21-35(22-19-31)50-45(33-13-7-4-8-14-33)48-44(49-50)32-11-5-3-6-12-32/h3-28H,1-2H3. The lowest BCUT2D eigenvalue weighted by atomic mass is 9.81. The Bertz CT molecular complexity index is 2610. The van der Waals surface area contributed by atoms with E-state index in [4.69, 9.17) is 10.1 Å². The lowest BCUT2D eigenvalue weighted by Crippen LogP contribution is -2.36. The summed E-state index contributed by atoms with van der Waals surface area (Å²) in [4.78, 5) is 4.98. The number of nitriles is 1. The van der Waals surface area contributed by atoms with Crippen molar-refractivity contribution < 1.29 is 4.68 Å². The number of fused-ring (bicyclic) bond motifs is 4. The SMILES string of the molecule is CC1(C)c2cc(C#N)ccc2-c2ccc(-c3ccc(-c4ccc(-[n+]5[n-]c(-c6ccccc6)nc5-c5ccccc5)cc4)c4ccccc34)cc21. The van der Waals surface area contributed by atoms with Crippen LogP contribution in [0.25, 0.3) is 72.6 Å². The van der Waals surface area contributed by atoms with Gasteiger partial charge in [0.1, 0.15) is 11.5 Å². The van der Waals surface area contributed by atoms with E-state index in [0.29, 0.717) is 11.4 Å². The molecule has 0 aliphatic heterocycles. The molecule has 0 fully saturated rings. The first-order valence-corrected chi connectivity index (χ1v) is 16.9. The van der Waals surface area contributed by atoms with Crippen LogP contribution in [0.15, 0.2) is 158 Å². The maximum atomic E-state index is 9.56. The highest BCUT2D eigenvalue weighted by Crippen LogP contribution is 2.50. The molecule has 4 nitrogen and oxygen atoms in total.